The summed E-state index contributed by atoms with van der Waals surface area (Å²) in [6.07, 6.45) is 0.987. The van der Waals surface area contributed by atoms with E-state index in [0.29, 0.717) is 18.0 Å². The summed E-state index contributed by atoms with van der Waals surface area (Å²) < 4.78 is 10.6. The van der Waals surface area contributed by atoms with Crippen LogP contribution in [0, 0.1) is 0 Å². The first-order chi connectivity index (χ1) is 11.9. The van der Waals surface area contributed by atoms with E-state index >= 15 is 0 Å². The van der Waals surface area contributed by atoms with Crippen molar-refractivity contribution in [2.75, 3.05) is 20.8 Å². The van der Waals surface area contributed by atoms with E-state index in [-0.39, 0.29) is 12.3 Å². The summed E-state index contributed by atoms with van der Waals surface area (Å²) in [7, 11) is 3.19. The van der Waals surface area contributed by atoms with Gasteiger partial charge in [-0.25, -0.2) is 4.98 Å². The molecule has 136 valence electrons. The molecular weight excluding hydrogens is 338 g/mol. The van der Waals surface area contributed by atoms with Crippen LogP contribution in [0.2, 0.25) is 0 Å². The van der Waals surface area contributed by atoms with Crippen molar-refractivity contribution in [1.82, 2.24) is 10.3 Å². The Kier molecular flexibility index (Phi) is 6.39. The SMILES string of the molecule is COc1ccc(C(C)(C)NC(=O)Cc2csc(CCN)n2)cc1OC. The summed E-state index contributed by atoms with van der Waals surface area (Å²) in [5, 5.41) is 5.93. The Morgan fingerprint density at radius 1 is 1.28 bits per heavy atom. The van der Waals surface area contributed by atoms with Crippen LogP contribution in [-0.4, -0.2) is 31.7 Å². The Hall–Kier alpha value is -2.12. The third-order valence-electron chi connectivity index (χ3n) is 3.86. The third kappa shape index (κ3) is 4.93. The van der Waals surface area contributed by atoms with Crippen molar-refractivity contribution in [3.8, 4) is 11.5 Å². The molecule has 0 atom stereocenters. The lowest BCUT2D eigenvalue weighted by Gasteiger charge is -2.27. The van der Waals surface area contributed by atoms with Crippen LogP contribution in [0.3, 0.4) is 0 Å². The van der Waals surface area contributed by atoms with Crippen LogP contribution in [0.5, 0.6) is 11.5 Å². The van der Waals surface area contributed by atoms with E-state index in [0.717, 1.165) is 22.7 Å². The number of hydrogen-bond acceptors (Lipinski definition) is 6. The number of aromatic nitrogens is 1. The molecule has 0 bridgehead atoms. The topological polar surface area (TPSA) is 86.5 Å². The number of carbonyl (C=O) groups excluding carboxylic acids is 1. The maximum Gasteiger partial charge on any atom is 0.226 e. The second-order valence-electron chi connectivity index (χ2n) is 6.19. The molecule has 0 radical (unpaired) electrons. The van der Waals surface area contributed by atoms with Gasteiger partial charge in [-0.1, -0.05) is 6.07 Å². The molecule has 25 heavy (non-hydrogen) atoms. The van der Waals surface area contributed by atoms with Gasteiger partial charge in [0.2, 0.25) is 5.91 Å². The summed E-state index contributed by atoms with van der Waals surface area (Å²) in [5.41, 5.74) is 6.69. The first kappa shape index (κ1) is 19.2. The summed E-state index contributed by atoms with van der Waals surface area (Å²) in [6, 6.07) is 5.63. The van der Waals surface area contributed by atoms with Crippen molar-refractivity contribution >= 4 is 17.2 Å². The maximum atomic E-state index is 12.4. The van der Waals surface area contributed by atoms with Gasteiger partial charge in [-0.3, -0.25) is 4.79 Å². The highest BCUT2D eigenvalue weighted by molar-refractivity contribution is 7.09. The van der Waals surface area contributed by atoms with Crippen molar-refractivity contribution < 1.29 is 14.3 Å². The molecule has 0 aliphatic rings. The highest BCUT2D eigenvalue weighted by atomic mass is 32.1. The highest BCUT2D eigenvalue weighted by Crippen LogP contribution is 2.32. The molecule has 1 aromatic carbocycles. The predicted molar refractivity (Wildman–Crippen MR) is 99.3 cm³/mol. The van der Waals surface area contributed by atoms with Crippen LogP contribution in [0.25, 0.3) is 0 Å². The quantitative estimate of drug-likeness (QED) is 0.751. The molecule has 0 fully saturated rings. The number of carbonyl (C=O) groups is 1. The second-order valence-corrected chi connectivity index (χ2v) is 7.13. The fourth-order valence-corrected chi connectivity index (χ4v) is 3.34. The lowest BCUT2D eigenvalue weighted by Crippen LogP contribution is -2.41. The fourth-order valence-electron chi connectivity index (χ4n) is 2.52. The minimum atomic E-state index is -0.549. The summed E-state index contributed by atoms with van der Waals surface area (Å²) in [4.78, 5) is 16.9. The first-order valence-electron chi connectivity index (χ1n) is 8.06. The molecule has 1 heterocycles. The zero-order chi connectivity index (χ0) is 18.4. The summed E-state index contributed by atoms with van der Waals surface area (Å²) in [6.45, 7) is 4.46. The van der Waals surface area contributed by atoms with E-state index in [1.165, 1.54) is 11.3 Å². The number of rotatable bonds is 8. The smallest absolute Gasteiger partial charge is 0.226 e. The van der Waals surface area contributed by atoms with Crippen molar-refractivity contribution in [2.24, 2.45) is 5.73 Å². The fraction of sp³-hybridized carbons (Fsp3) is 0.444. The monoisotopic (exact) mass is 363 g/mol. The van der Waals surface area contributed by atoms with Crippen molar-refractivity contribution in [3.05, 3.63) is 39.8 Å². The number of nitrogens with two attached hydrogens (primary N) is 1. The molecule has 0 spiro atoms. The van der Waals surface area contributed by atoms with Gasteiger partial charge in [0.05, 0.1) is 36.9 Å². The van der Waals surface area contributed by atoms with Crippen molar-refractivity contribution in [2.45, 2.75) is 32.2 Å². The van der Waals surface area contributed by atoms with Gasteiger partial charge in [0, 0.05) is 11.8 Å². The van der Waals surface area contributed by atoms with E-state index < -0.39 is 5.54 Å². The standard InChI is InChI=1S/C18H25N3O3S/c1-18(2,12-5-6-14(23-3)15(9-12)24-4)21-16(22)10-13-11-25-17(20-13)7-8-19/h5-6,9,11H,7-8,10,19H2,1-4H3,(H,21,22). The molecule has 7 heteroatoms. The molecule has 2 aromatic rings. The number of amides is 1. The molecule has 2 rings (SSSR count). The Balaban J connectivity index is 2.07. The lowest BCUT2D eigenvalue weighted by molar-refractivity contribution is -0.122. The van der Waals surface area contributed by atoms with Gasteiger partial charge in [0.15, 0.2) is 11.5 Å². The number of ether oxygens (including phenoxy) is 2. The molecule has 6 nitrogen and oxygen atoms in total. The predicted octanol–water partition coefficient (Wildman–Crippen LogP) is 2.26. The molecule has 0 saturated carbocycles. The minimum absolute atomic E-state index is 0.0793. The average molecular weight is 363 g/mol. The van der Waals surface area contributed by atoms with Crippen LogP contribution in [0.15, 0.2) is 23.6 Å². The van der Waals surface area contributed by atoms with Gasteiger partial charge in [-0.2, -0.15) is 0 Å². The van der Waals surface area contributed by atoms with Gasteiger partial charge >= 0.3 is 0 Å². The Morgan fingerprint density at radius 3 is 2.64 bits per heavy atom. The molecular formula is C18H25N3O3S. The first-order valence-corrected chi connectivity index (χ1v) is 8.94. The third-order valence-corrected chi connectivity index (χ3v) is 4.81. The molecule has 0 aliphatic carbocycles. The normalized spacial score (nSPS) is 11.2. The minimum Gasteiger partial charge on any atom is -0.493 e. The highest BCUT2D eigenvalue weighted by Gasteiger charge is 2.24. The second kappa shape index (κ2) is 8.31. The molecule has 0 saturated heterocycles. The maximum absolute atomic E-state index is 12.4. The molecule has 0 unspecified atom stereocenters. The van der Waals surface area contributed by atoms with E-state index in [9.17, 15) is 4.79 Å². The Bertz CT molecular complexity index is 728. The molecule has 1 aromatic heterocycles. The Labute approximate surface area is 152 Å². The number of thiazole rings is 1. The van der Waals surface area contributed by atoms with E-state index in [4.69, 9.17) is 15.2 Å². The molecule has 0 aliphatic heterocycles. The van der Waals surface area contributed by atoms with Gasteiger partial charge in [-0.05, 0) is 38.1 Å². The van der Waals surface area contributed by atoms with Crippen LogP contribution < -0.4 is 20.5 Å². The molecule has 3 N–H and O–H groups in total. The lowest BCUT2D eigenvalue weighted by atomic mass is 9.93. The Morgan fingerprint density at radius 2 is 2.00 bits per heavy atom. The zero-order valence-corrected chi connectivity index (χ0v) is 15.9. The zero-order valence-electron chi connectivity index (χ0n) is 15.1. The van der Waals surface area contributed by atoms with Crippen molar-refractivity contribution in [1.29, 1.82) is 0 Å². The van der Waals surface area contributed by atoms with Gasteiger partial charge < -0.3 is 20.5 Å². The average Bonchev–Trinajstić information content (AvgIpc) is 3.00. The number of nitrogens with one attached hydrogen (secondary N) is 1. The van der Waals surface area contributed by atoms with Crippen LogP contribution in [0.4, 0.5) is 0 Å². The summed E-state index contributed by atoms with van der Waals surface area (Å²) >= 11 is 1.54. The van der Waals surface area contributed by atoms with Gasteiger partial charge in [0.25, 0.3) is 0 Å². The van der Waals surface area contributed by atoms with Crippen LogP contribution in [0.1, 0.15) is 30.1 Å². The van der Waals surface area contributed by atoms with Gasteiger partial charge in [0.1, 0.15) is 0 Å². The van der Waals surface area contributed by atoms with E-state index in [2.05, 4.69) is 10.3 Å². The number of nitrogens with zero attached hydrogens (tertiary/aromatic N) is 1. The van der Waals surface area contributed by atoms with Crippen molar-refractivity contribution in [3.63, 3.8) is 0 Å². The number of methoxy groups -OCH3 is 2. The number of hydrogen-bond donors (Lipinski definition) is 2. The van der Waals surface area contributed by atoms with Gasteiger partial charge in [-0.15, -0.1) is 11.3 Å². The van der Waals surface area contributed by atoms with Crippen LogP contribution >= 0.6 is 11.3 Å². The molecule has 1 amide bonds. The summed E-state index contributed by atoms with van der Waals surface area (Å²) in [5.74, 6) is 1.21. The number of benzene rings is 1. The largest absolute Gasteiger partial charge is 0.493 e. The van der Waals surface area contributed by atoms with Crippen LogP contribution in [-0.2, 0) is 23.2 Å². The van der Waals surface area contributed by atoms with E-state index in [1.54, 1.807) is 14.2 Å². The van der Waals surface area contributed by atoms with E-state index in [1.807, 2.05) is 37.4 Å².